The summed E-state index contributed by atoms with van der Waals surface area (Å²) in [4.78, 5) is 5.14. The van der Waals surface area contributed by atoms with Gasteiger partial charge in [-0.15, -0.1) is 11.3 Å². The first-order valence-corrected chi connectivity index (χ1v) is 16.1. The van der Waals surface area contributed by atoms with Gasteiger partial charge in [-0.2, -0.15) is 5.26 Å². The number of benzene rings is 6. The highest BCUT2D eigenvalue weighted by Gasteiger charge is 2.21. The Kier molecular flexibility index (Phi) is 6.09. The number of thiophene rings is 1. The lowest BCUT2D eigenvalue weighted by molar-refractivity contribution is 0.781. The van der Waals surface area contributed by atoms with Gasteiger partial charge >= 0.3 is 0 Å². The second kappa shape index (κ2) is 10.6. The number of amidine groups is 1. The Balaban J connectivity index is 1.22. The first-order valence-electron chi connectivity index (χ1n) is 15.3. The van der Waals surface area contributed by atoms with E-state index >= 15 is 0 Å². The van der Waals surface area contributed by atoms with E-state index in [0.717, 1.165) is 33.9 Å². The Labute approximate surface area is 269 Å². The molecule has 0 fully saturated rings. The second-order valence-corrected chi connectivity index (χ2v) is 12.7. The van der Waals surface area contributed by atoms with Crippen LogP contribution in [0.15, 0.2) is 151 Å². The Hall–Kier alpha value is -5.96. The second-order valence-electron chi connectivity index (χ2n) is 11.6. The van der Waals surface area contributed by atoms with E-state index in [0.29, 0.717) is 5.56 Å². The molecule has 0 saturated heterocycles. The third kappa shape index (κ3) is 4.31. The highest BCUT2D eigenvalue weighted by atomic mass is 32.1. The summed E-state index contributed by atoms with van der Waals surface area (Å²) < 4.78 is 5.00. The van der Waals surface area contributed by atoms with Gasteiger partial charge in [-0.05, 0) is 60.2 Å². The minimum atomic E-state index is -0.0589. The zero-order valence-electron chi connectivity index (χ0n) is 24.7. The molecule has 1 unspecified atom stereocenters. The van der Waals surface area contributed by atoms with Crippen LogP contribution in [0.2, 0.25) is 0 Å². The van der Waals surface area contributed by atoms with Gasteiger partial charge in [-0.1, -0.05) is 91.0 Å². The van der Waals surface area contributed by atoms with E-state index in [-0.39, 0.29) is 6.04 Å². The molecule has 5 heteroatoms. The Morgan fingerprint density at radius 1 is 0.630 bits per heavy atom. The van der Waals surface area contributed by atoms with Crippen LogP contribution in [0.5, 0.6) is 0 Å². The van der Waals surface area contributed by atoms with Crippen LogP contribution >= 0.6 is 11.3 Å². The molecule has 4 nitrogen and oxygen atoms in total. The lowest BCUT2D eigenvalue weighted by Gasteiger charge is -2.25. The fourth-order valence-corrected chi connectivity index (χ4v) is 7.79. The van der Waals surface area contributed by atoms with Crippen molar-refractivity contribution in [3.8, 4) is 11.8 Å². The number of rotatable bonds is 4. The molecule has 0 saturated carbocycles. The van der Waals surface area contributed by atoms with Gasteiger partial charge in [-0.25, -0.2) is 4.99 Å². The van der Waals surface area contributed by atoms with E-state index in [4.69, 9.17) is 4.99 Å². The topological polar surface area (TPSA) is 53.1 Å². The molecule has 0 spiro atoms. The highest BCUT2D eigenvalue weighted by Crippen LogP contribution is 2.40. The molecule has 3 heterocycles. The molecule has 8 aromatic rings. The van der Waals surface area contributed by atoms with Crippen LogP contribution in [-0.2, 0) is 0 Å². The van der Waals surface area contributed by atoms with Crippen molar-refractivity contribution in [2.45, 2.75) is 6.04 Å². The summed E-state index contributed by atoms with van der Waals surface area (Å²) in [6, 6.07) is 51.0. The summed E-state index contributed by atoms with van der Waals surface area (Å²) in [5.74, 6) is 0.810. The molecule has 0 aliphatic carbocycles. The van der Waals surface area contributed by atoms with Gasteiger partial charge in [0, 0.05) is 47.8 Å². The van der Waals surface area contributed by atoms with Gasteiger partial charge in [0.1, 0.15) is 5.84 Å². The Morgan fingerprint density at radius 3 is 2.26 bits per heavy atom. The van der Waals surface area contributed by atoms with Crippen molar-refractivity contribution < 1.29 is 0 Å². The molecule has 0 bridgehead atoms. The molecule has 2 aromatic heterocycles. The molecule has 1 N–H and O–H groups in total. The van der Waals surface area contributed by atoms with Crippen LogP contribution in [0.25, 0.3) is 53.4 Å². The minimum Gasteiger partial charge on any atom is -0.359 e. The maximum Gasteiger partial charge on any atom is 0.134 e. The van der Waals surface area contributed by atoms with Crippen LogP contribution in [0.4, 0.5) is 0 Å². The summed E-state index contributed by atoms with van der Waals surface area (Å²) in [5, 5.41) is 18.1. The number of fused-ring (bicyclic) bond motifs is 6. The van der Waals surface area contributed by atoms with Gasteiger partial charge in [0.05, 0.1) is 34.4 Å². The number of aliphatic imine (C=N–C) groups is 1. The van der Waals surface area contributed by atoms with Crippen molar-refractivity contribution >= 4 is 64.8 Å². The molecule has 0 radical (unpaired) electrons. The molecule has 1 atom stereocenters. The minimum absolute atomic E-state index is 0.0589. The molecular formula is C41H26N4S. The van der Waals surface area contributed by atoms with Crippen LogP contribution < -0.4 is 5.32 Å². The number of aromatic nitrogens is 1. The predicted molar refractivity (Wildman–Crippen MR) is 192 cm³/mol. The normalized spacial score (nSPS) is 14.7. The lowest BCUT2D eigenvalue weighted by atomic mass is 10.00. The molecule has 9 rings (SSSR count). The molecule has 46 heavy (non-hydrogen) atoms. The summed E-state index contributed by atoms with van der Waals surface area (Å²) in [7, 11) is 0. The van der Waals surface area contributed by atoms with Crippen molar-refractivity contribution in [1.29, 1.82) is 5.26 Å². The third-order valence-corrected chi connectivity index (χ3v) is 10.00. The summed E-state index contributed by atoms with van der Waals surface area (Å²) >= 11 is 1.86. The fourth-order valence-electron chi connectivity index (χ4n) is 6.66. The van der Waals surface area contributed by atoms with Gasteiger partial charge in [0.2, 0.25) is 0 Å². The number of nitrogens with zero attached hydrogens (tertiary/aromatic N) is 3. The maximum absolute atomic E-state index is 9.34. The van der Waals surface area contributed by atoms with E-state index in [1.807, 2.05) is 41.7 Å². The number of para-hydroxylation sites is 1. The average molecular weight is 607 g/mol. The quantitative estimate of drug-likeness (QED) is 0.217. The van der Waals surface area contributed by atoms with Gasteiger partial charge in [0.25, 0.3) is 0 Å². The first kappa shape index (κ1) is 26.4. The van der Waals surface area contributed by atoms with Crippen LogP contribution in [0, 0.1) is 11.3 Å². The molecule has 0 amide bonds. The smallest absolute Gasteiger partial charge is 0.134 e. The van der Waals surface area contributed by atoms with Crippen molar-refractivity contribution in [3.05, 3.63) is 168 Å². The third-order valence-electron chi connectivity index (χ3n) is 8.87. The predicted octanol–water partition coefficient (Wildman–Crippen LogP) is 10.2. The molecular weight excluding hydrogens is 581 g/mol. The van der Waals surface area contributed by atoms with E-state index in [1.165, 1.54) is 42.0 Å². The molecule has 1 aliphatic rings. The SMILES string of the molecule is N#Cc1ccc(C2=CC(c3ccccc3)NC(c3cccc(-n4c5ccccc5c5cc6sc7ccccc7c6cc54)c3)=N2)cc1. The zero-order chi connectivity index (χ0) is 30.6. The molecule has 216 valence electrons. The lowest BCUT2D eigenvalue weighted by Crippen LogP contribution is -2.31. The van der Waals surface area contributed by atoms with Crippen molar-refractivity contribution in [2.75, 3.05) is 0 Å². The van der Waals surface area contributed by atoms with Crippen molar-refractivity contribution in [3.63, 3.8) is 0 Å². The number of nitriles is 1. The number of nitrogens with one attached hydrogen (secondary N) is 1. The largest absolute Gasteiger partial charge is 0.359 e. The van der Waals surface area contributed by atoms with Crippen LogP contribution in [-0.4, -0.2) is 10.4 Å². The Morgan fingerprint density at radius 2 is 1.41 bits per heavy atom. The van der Waals surface area contributed by atoms with E-state index in [1.54, 1.807) is 0 Å². The average Bonchev–Trinajstić information content (AvgIpc) is 3.65. The van der Waals surface area contributed by atoms with E-state index in [9.17, 15) is 5.26 Å². The first-order chi connectivity index (χ1) is 22.7. The van der Waals surface area contributed by atoms with E-state index < -0.39 is 0 Å². The number of hydrogen-bond donors (Lipinski definition) is 1. The molecule has 1 aliphatic heterocycles. The standard InChI is InChI=1S/C41H26N4S/c42-25-26-17-19-28(20-18-26)36-24-35(27-9-2-1-3-10-27)43-41(44-36)29-11-8-12-30(21-29)45-37-15-6-4-13-31(37)33-23-40-34(22-38(33)45)32-14-5-7-16-39(32)46-40/h1-24,35H,(H,43,44). The van der Waals surface area contributed by atoms with Crippen LogP contribution in [0.3, 0.4) is 0 Å². The fraction of sp³-hybridized carbons (Fsp3) is 0.0244. The zero-order valence-corrected chi connectivity index (χ0v) is 25.5. The van der Waals surface area contributed by atoms with Crippen molar-refractivity contribution in [2.24, 2.45) is 4.99 Å². The summed E-state index contributed by atoms with van der Waals surface area (Å²) in [5.41, 5.74) is 8.10. The van der Waals surface area contributed by atoms with Gasteiger partial charge in [0.15, 0.2) is 0 Å². The molecule has 6 aromatic carbocycles. The monoisotopic (exact) mass is 606 g/mol. The van der Waals surface area contributed by atoms with Crippen molar-refractivity contribution in [1.82, 2.24) is 9.88 Å². The van der Waals surface area contributed by atoms with Crippen LogP contribution in [0.1, 0.15) is 28.3 Å². The maximum atomic E-state index is 9.34. The summed E-state index contributed by atoms with van der Waals surface area (Å²) in [6.45, 7) is 0. The van der Waals surface area contributed by atoms with Gasteiger partial charge in [-0.3, -0.25) is 0 Å². The van der Waals surface area contributed by atoms with Gasteiger partial charge < -0.3 is 9.88 Å². The number of hydrogen-bond acceptors (Lipinski definition) is 4. The Bertz CT molecular complexity index is 2560. The van der Waals surface area contributed by atoms with E-state index in [2.05, 4.69) is 131 Å². The summed E-state index contributed by atoms with van der Waals surface area (Å²) in [6.07, 6.45) is 2.16. The highest BCUT2D eigenvalue weighted by molar-refractivity contribution is 7.25.